The molecule has 0 radical (unpaired) electrons. The Bertz CT molecular complexity index is 888. The molecule has 2 heterocycles. The number of carbonyl (C=O) groups is 1. The number of hydrogen-bond donors (Lipinski definition) is 2. The SMILES string of the molecule is COc1ccc2c(C)c(CCC(=O)NCC3(C)CCNCC3)c(=O)oc2c1.Cl. The molecule has 0 aliphatic carbocycles. The lowest BCUT2D eigenvalue weighted by molar-refractivity contribution is -0.121. The zero-order valence-electron chi connectivity index (χ0n) is 16.7. The minimum absolute atomic E-state index is 0. The van der Waals surface area contributed by atoms with Gasteiger partial charge in [-0.3, -0.25) is 4.79 Å². The molecule has 6 nitrogen and oxygen atoms in total. The second-order valence-corrected chi connectivity index (χ2v) is 7.69. The quantitative estimate of drug-likeness (QED) is 0.718. The Morgan fingerprint density at radius 1 is 1.32 bits per heavy atom. The summed E-state index contributed by atoms with van der Waals surface area (Å²) in [7, 11) is 1.57. The lowest BCUT2D eigenvalue weighted by Gasteiger charge is -2.34. The molecule has 0 atom stereocenters. The van der Waals surface area contributed by atoms with E-state index in [1.54, 1.807) is 13.2 Å². The molecule has 154 valence electrons. The van der Waals surface area contributed by atoms with Crippen LogP contribution in [0.3, 0.4) is 0 Å². The summed E-state index contributed by atoms with van der Waals surface area (Å²) in [6.07, 6.45) is 2.77. The van der Waals surface area contributed by atoms with Crippen molar-refractivity contribution < 1.29 is 13.9 Å². The van der Waals surface area contributed by atoms with E-state index in [1.165, 1.54) is 0 Å². The van der Waals surface area contributed by atoms with E-state index in [0.717, 1.165) is 36.9 Å². The van der Waals surface area contributed by atoms with Gasteiger partial charge in [-0.25, -0.2) is 4.79 Å². The van der Waals surface area contributed by atoms with E-state index in [1.807, 2.05) is 19.1 Å². The second kappa shape index (κ2) is 9.43. The van der Waals surface area contributed by atoms with E-state index >= 15 is 0 Å². The van der Waals surface area contributed by atoms with Crippen LogP contribution in [0.25, 0.3) is 11.0 Å². The van der Waals surface area contributed by atoms with Crippen molar-refractivity contribution in [3.05, 3.63) is 39.7 Å². The zero-order valence-corrected chi connectivity index (χ0v) is 17.5. The molecule has 1 fully saturated rings. The maximum absolute atomic E-state index is 12.4. The molecule has 28 heavy (non-hydrogen) atoms. The van der Waals surface area contributed by atoms with Crippen LogP contribution >= 0.6 is 12.4 Å². The number of methoxy groups -OCH3 is 1. The number of ether oxygens (including phenoxy) is 1. The van der Waals surface area contributed by atoms with Crippen molar-refractivity contribution in [2.24, 2.45) is 5.41 Å². The van der Waals surface area contributed by atoms with Gasteiger partial charge in [-0.2, -0.15) is 0 Å². The zero-order chi connectivity index (χ0) is 19.4. The monoisotopic (exact) mass is 408 g/mol. The summed E-state index contributed by atoms with van der Waals surface area (Å²) in [6.45, 7) is 6.78. The van der Waals surface area contributed by atoms with Gasteiger partial charge in [0.1, 0.15) is 11.3 Å². The number of amides is 1. The molecular weight excluding hydrogens is 380 g/mol. The summed E-state index contributed by atoms with van der Waals surface area (Å²) < 4.78 is 10.6. The van der Waals surface area contributed by atoms with Gasteiger partial charge in [-0.15, -0.1) is 12.4 Å². The second-order valence-electron chi connectivity index (χ2n) is 7.69. The summed E-state index contributed by atoms with van der Waals surface area (Å²) >= 11 is 0. The Kier molecular flexibility index (Phi) is 7.49. The lowest BCUT2D eigenvalue weighted by atomic mass is 9.81. The smallest absolute Gasteiger partial charge is 0.339 e. The van der Waals surface area contributed by atoms with Crippen LogP contribution < -0.4 is 21.0 Å². The van der Waals surface area contributed by atoms with Gasteiger partial charge in [0, 0.05) is 30.0 Å². The molecule has 1 aromatic heterocycles. The third-order valence-corrected chi connectivity index (χ3v) is 5.62. The highest BCUT2D eigenvalue weighted by atomic mass is 35.5. The van der Waals surface area contributed by atoms with Crippen molar-refractivity contribution in [1.82, 2.24) is 10.6 Å². The standard InChI is InChI=1S/C21H28N2O4.ClH/c1-14-16-5-4-15(26-3)12-18(16)27-20(25)17(14)6-7-19(24)23-13-21(2)8-10-22-11-9-21;/h4-5,12,22H,6-11,13H2,1-3H3,(H,23,24);1H. The Morgan fingerprint density at radius 2 is 2.04 bits per heavy atom. The highest BCUT2D eigenvalue weighted by molar-refractivity contribution is 5.85. The first-order valence-electron chi connectivity index (χ1n) is 9.50. The summed E-state index contributed by atoms with van der Waals surface area (Å²) in [5, 5.41) is 7.25. The fraction of sp³-hybridized carbons (Fsp3) is 0.524. The maximum Gasteiger partial charge on any atom is 0.339 e. The van der Waals surface area contributed by atoms with Crippen LogP contribution in [0.1, 0.15) is 37.3 Å². The van der Waals surface area contributed by atoms with Crippen LogP contribution in [-0.2, 0) is 11.2 Å². The van der Waals surface area contributed by atoms with E-state index in [4.69, 9.17) is 9.15 Å². The third-order valence-electron chi connectivity index (χ3n) is 5.62. The van der Waals surface area contributed by atoms with Gasteiger partial charge in [-0.05, 0) is 62.4 Å². The van der Waals surface area contributed by atoms with Crippen LogP contribution in [0.4, 0.5) is 0 Å². The number of halogens is 1. The van der Waals surface area contributed by atoms with Crippen LogP contribution in [-0.4, -0.2) is 32.7 Å². The minimum atomic E-state index is -0.383. The van der Waals surface area contributed by atoms with E-state index in [0.29, 0.717) is 29.9 Å². The number of nitrogens with one attached hydrogen (secondary N) is 2. The van der Waals surface area contributed by atoms with E-state index in [9.17, 15) is 9.59 Å². The van der Waals surface area contributed by atoms with Gasteiger partial charge in [0.25, 0.3) is 0 Å². The van der Waals surface area contributed by atoms with Gasteiger partial charge in [-0.1, -0.05) is 6.92 Å². The van der Waals surface area contributed by atoms with Gasteiger partial charge in [0.15, 0.2) is 0 Å². The predicted octanol–water partition coefficient (Wildman–Crippen LogP) is 2.97. The topological polar surface area (TPSA) is 80.6 Å². The Morgan fingerprint density at radius 3 is 2.71 bits per heavy atom. The molecular formula is C21H29ClN2O4. The molecule has 1 aromatic carbocycles. The Hall–Kier alpha value is -2.05. The first-order chi connectivity index (χ1) is 12.9. The van der Waals surface area contributed by atoms with Crippen LogP contribution in [0.15, 0.2) is 27.4 Å². The van der Waals surface area contributed by atoms with Gasteiger partial charge >= 0.3 is 5.63 Å². The normalized spacial score (nSPS) is 15.7. The van der Waals surface area contributed by atoms with Gasteiger partial charge < -0.3 is 19.8 Å². The predicted molar refractivity (Wildman–Crippen MR) is 113 cm³/mol. The number of piperidine rings is 1. The number of fused-ring (bicyclic) bond motifs is 1. The maximum atomic E-state index is 12.4. The molecule has 2 aromatic rings. The fourth-order valence-electron chi connectivity index (χ4n) is 3.64. The molecule has 1 amide bonds. The Balaban J connectivity index is 0.00000280. The van der Waals surface area contributed by atoms with Gasteiger partial charge in [0.2, 0.25) is 5.91 Å². The number of benzene rings is 1. The van der Waals surface area contributed by atoms with Crippen LogP contribution in [0, 0.1) is 12.3 Å². The molecule has 1 aliphatic heterocycles. The molecule has 0 unspecified atom stereocenters. The van der Waals surface area contributed by atoms with Crippen molar-refractivity contribution in [2.75, 3.05) is 26.7 Å². The molecule has 3 rings (SSSR count). The van der Waals surface area contributed by atoms with E-state index in [2.05, 4.69) is 17.6 Å². The summed E-state index contributed by atoms with van der Waals surface area (Å²) in [6, 6.07) is 5.43. The average molecular weight is 409 g/mol. The summed E-state index contributed by atoms with van der Waals surface area (Å²) in [5.74, 6) is 0.618. The summed E-state index contributed by atoms with van der Waals surface area (Å²) in [5.41, 5.74) is 1.70. The lowest BCUT2D eigenvalue weighted by Crippen LogP contribution is -2.43. The number of aryl methyl sites for hydroxylation is 1. The number of rotatable bonds is 6. The summed E-state index contributed by atoms with van der Waals surface area (Å²) in [4.78, 5) is 24.7. The molecule has 0 bridgehead atoms. The number of carbonyl (C=O) groups excluding carboxylic acids is 1. The van der Waals surface area contributed by atoms with Crippen molar-refractivity contribution in [1.29, 1.82) is 0 Å². The van der Waals surface area contributed by atoms with Crippen molar-refractivity contribution >= 4 is 29.3 Å². The molecule has 1 aliphatic rings. The first kappa shape index (κ1) is 22.2. The van der Waals surface area contributed by atoms with Crippen LogP contribution in [0.5, 0.6) is 5.75 Å². The average Bonchev–Trinajstić information content (AvgIpc) is 2.66. The molecule has 1 saturated heterocycles. The third kappa shape index (κ3) is 5.06. The fourth-order valence-corrected chi connectivity index (χ4v) is 3.64. The molecule has 2 N–H and O–H groups in total. The van der Waals surface area contributed by atoms with Crippen molar-refractivity contribution in [3.63, 3.8) is 0 Å². The molecule has 0 spiro atoms. The number of hydrogen-bond acceptors (Lipinski definition) is 5. The highest BCUT2D eigenvalue weighted by Gasteiger charge is 2.27. The molecule has 7 heteroatoms. The van der Waals surface area contributed by atoms with Crippen LogP contribution in [0.2, 0.25) is 0 Å². The minimum Gasteiger partial charge on any atom is -0.497 e. The Labute approximate surface area is 171 Å². The molecule has 0 saturated carbocycles. The van der Waals surface area contributed by atoms with E-state index < -0.39 is 0 Å². The van der Waals surface area contributed by atoms with Crippen molar-refractivity contribution in [2.45, 2.75) is 39.5 Å². The van der Waals surface area contributed by atoms with Crippen molar-refractivity contribution in [3.8, 4) is 5.75 Å². The van der Waals surface area contributed by atoms with Gasteiger partial charge in [0.05, 0.1) is 7.11 Å². The van der Waals surface area contributed by atoms with E-state index in [-0.39, 0.29) is 35.8 Å². The largest absolute Gasteiger partial charge is 0.497 e. The highest BCUT2D eigenvalue weighted by Crippen LogP contribution is 2.27. The first-order valence-corrected chi connectivity index (χ1v) is 9.50.